The molecule has 2 aromatic rings. The van der Waals surface area contributed by atoms with Gasteiger partial charge in [0, 0.05) is 26.2 Å². The highest BCUT2D eigenvalue weighted by Gasteiger charge is 2.21. The van der Waals surface area contributed by atoms with Crippen molar-refractivity contribution in [2.75, 3.05) is 48.7 Å². The lowest BCUT2D eigenvalue weighted by Gasteiger charge is -2.35. The summed E-state index contributed by atoms with van der Waals surface area (Å²) >= 11 is 0. The van der Waals surface area contributed by atoms with E-state index < -0.39 is 0 Å². The van der Waals surface area contributed by atoms with Gasteiger partial charge in [-0.15, -0.1) is 0 Å². The highest BCUT2D eigenvalue weighted by Crippen LogP contribution is 2.29. The highest BCUT2D eigenvalue weighted by atomic mass is 15.3. The van der Waals surface area contributed by atoms with Crippen molar-refractivity contribution in [1.29, 1.82) is 0 Å². The van der Waals surface area contributed by atoms with Crippen molar-refractivity contribution in [2.24, 2.45) is 0 Å². The van der Waals surface area contributed by atoms with Gasteiger partial charge >= 0.3 is 0 Å². The third-order valence-electron chi connectivity index (χ3n) is 4.63. The van der Waals surface area contributed by atoms with Gasteiger partial charge in [-0.1, -0.05) is 37.3 Å². The van der Waals surface area contributed by atoms with E-state index in [1.54, 1.807) is 6.33 Å². The molecule has 1 aromatic carbocycles. The normalized spacial score (nSPS) is 16.8. The third kappa shape index (κ3) is 3.59. The summed E-state index contributed by atoms with van der Waals surface area (Å²) < 4.78 is 0. The highest BCUT2D eigenvalue weighted by molar-refractivity contribution is 5.75. The molecule has 0 aliphatic carbocycles. The van der Waals surface area contributed by atoms with Gasteiger partial charge in [-0.25, -0.2) is 9.97 Å². The maximum atomic E-state index is 6.36. The Morgan fingerprint density at radius 2 is 1.83 bits per heavy atom. The van der Waals surface area contributed by atoms with Crippen molar-refractivity contribution >= 4 is 17.3 Å². The maximum absolute atomic E-state index is 6.36. The standard InChI is InChI=1S/C18H26N6/c1-3-23-9-11-24(12-10-23)18-16(19)17(20-13-21-18)22-14(2)15-7-5-4-6-8-15/h4-8,13-14H,3,9-12,19H2,1-2H3,(H,20,21,22). The minimum absolute atomic E-state index is 0.133. The molecule has 1 aliphatic heterocycles. The fourth-order valence-corrected chi connectivity index (χ4v) is 3.06. The minimum Gasteiger partial charge on any atom is -0.393 e. The number of nitrogens with one attached hydrogen (secondary N) is 1. The summed E-state index contributed by atoms with van der Waals surface area (Å²) in [4.78, 5) is 13.5. The molecule has 1 fully saturated rings. The Balaban J connectivity index is 1.74. The molecule has 3 N–H and O–H groups in total. The molecule has 6 heteroatoms. The first kappa shape index (κ1) is 16.5. The predicted molar refractivity (Wildman–Crippen MR) is 99.3 cm³/mol. The zero-order valence-electron chi connectivity index (χ0n) is 14.4. The lowest BCUT2D eigenvalue weighted by atomic mass is 10.1. The van der Waals surface area contributed by atoms with Crippen LogP contribution in [-0.4, -0.2) is 47.6 Å². The van der Waals surface area contributed by atoms with Crippen molar-refractivity contribution < 1.29 is 0 Å². The number of hydrogen-bond donors (Lipinski definition) is 2. The average molecular weight is 326 g/mol. The van der Waals surface area contributed by atoms with Crippen LogP contribution in [0.3, 0.4) is 0 Å². The number of rotatable bonds is 5. The molecule has 24 heavy (non-hydrogen) atoms. The molecule has 2 heterocycles. The van der Waals surface area contributed by atoms with E-state index in [1.807, 2.05) is 18.2 Å². The number of nitrogen functional groups attached to an aromatic ring is 1. The SMILES string of the molecule is CCN1CCN(c2ncnc(NC(C)c3ccccc3)c2N)CC1. The number of piperazine rings is 1. The van der Waals surface area contributed by atoms with Crippen LogP contribution in [0.1, 0.15) is 25.5 Å². The number of hydrogen-bond acceptors (Lipinski definition) is 6. The topological polar surface area (TPSA) is 70.3 Å². The Bertz CT molecular complexity index is 652. The Kier molecular flexibility index (Phi) is 5.15. The van der Waals surface area contributed by atoms with Crippen molar-refractivity contribution in [3.05, 3.63) is 42.2 Å². The van der Waals surface area contributed by atoms with Crippen LogP contribution >= 0.6 is 0 Å². The monoisotopic (exact) mass is 326 g/mol. The van der Waals surface area contributed by atoms with E-state index in [2.05, 4.69) is 51.1 Å². The van der Waals surface area contributed by atoms with E-state index in [0.29, 0.717) is 11.5 Å². The van der Waals surface area contributed by atoms with E-state index >= 15 is 0 Å². The average Bonchev–Trinajstić information content (AvgIpc) is 2.64. The summed E-state index contributed by atoms with van der Waals surface area (Å²) in [5.41, 5.74) is 8.20. The second-order valence-corrected chi connectivity index (χ2v) is 6.16. The first-order valence-electron chi connectivity index (χ1n) is 8.58. The molecule has 1 aromatic heterocycles. The molecule has 128 valence electrons. The van der Waals surface area contributed by atoms with E-state index in [-0.39, 0.29) is 6.04 Å². The van der Waals surface area contributed by atoms with Gasteiger partial charge < -0.3 is 20.9 Å². The number of benzene rings is 1. The van der Waals surface area contributed by atoms with Gasteiger partial charge in [0.05, 0.1) is 6.04 Å². The van der Waals surface area contributed by atoms with Crippen LogP contribution in [0.2, 0.25) is 0 Å². The minimum atomic E-state index is 0.133. The predicted octanol–water partition coefficient (Wildman–Crippen LogP) is 2.37. The quantitative estimate of drug-likeness (QED) is 0.879. The van der Waals surface area contributed by atoms with Crippen LogP contribution in [0.5, 0.6) is 0 Å². The summed E-state index contributed by atoms with van der Waals surface area (Å²) in [6.45, 7) is 9.38. The van der Waals surface area contributed by atoms with Crippen LogP contribution in [0.4, 0.5) is 17.3 Å². The first-order valence-corrected chi connectivity index (χ1v) is 8.58. The number of nitrogens with two attached hydrogens (primary N) is 1. The van der Waals surface area contributed by atoms with E-state index in [9.17, 15) is 0 Å². The number of anilines is 3. The molecular weight excluding hydrogens is 300 g/mol. The van der Waals surface area contributed by atoms with Gasteiger partial charge in [0.1, 0.15) is 12.0 Å². The maximum Gasteiger partial charge on any atom is 0.157 e. The van der Waals surface area contributed by atoms with Crippen molar-refractivity contribution in [2.45, 2.75) is 19.9 Å². The molecule has 0 amide bonds. The van der Waals surface area contributed by atoms with E-state index in [0.717, 1.165) is 38.5 Å². The number of nitrogens with zero attached hydrogens (tertiary/aromatic N) is 4. The molecule has 3 rings (SSSR count). The van der Waals surface area contributed by atoms with Crippen LogP contribution in [0.25, 0.3) is 0 Å². The Morgan fingerprint density at radius 3 is 2.50 bits per heavy atom. The van der Waals surface area contributed by atoms with Crippen molar-refractivity contribution in [3.63, 3.8) is 0 Å². The molecule has 1 saturated heterocycles. The molecule has 1 unspecified atom stereocenters. The van der Waals surface area contributed by atoms with Crippen LogP contribution in [0.15, 0.2) is 36.7 Å². The Labute approximate surface area is 143 Å². The largest absolute Gasteiger partial charge is 0.393 e. The molecule has 6 nitrogen and oxygen atoms in total. The van der Waals surface area contributed by atoms with Crippen LogP contribution in [0, 0.1) is 0 Å². The van der Waals surface area contributed by atoms with Gasteiger partial charge in [-0.2, -0.15) is 0 Å². The van der Waals surface area contributed by atoms with Crippen LogP contribution < -0.4 is 16.0 Å². The van der Waals surface area contributed by atoms with Crippen LogP contribution in [-0.2, 0) is 0 Å². The second kappa shape index (κ2) is 7.49. The molecule has 0 bridgehead atoms. The zero-order chi connectivity index (χ0) is 16.9. The van der Waals surface area contributed by atoms with Gasteiger partial charge in [-0.3, -0.25) is 0 Å². The lowest BCUT2D eigenvalue weighted by Crippen LogP contribution is -2.46. The van der Waals surface area contributed by atoms with Gasteiger partial charge in [-0.05, 0) is 19.0 Å². The van der Waals surface area contributed by atoms with Crippen molar-refractivity contribution in [3.8, 4) is 0 Å². The smallest absolute Gasteiger partial charge is 0.157 e. The molecule has 0 radical (unpaired) electrons. The van der Waals surface area contributed by atoms with Gasteiger partial charge in [0.25, 0.3) is 0 Å². The fraction of sp³-hybridized carbons (Fsp3) is 0.444. The number of likely N-dealkylation sites (N-methyl/N-ethyl adjacent to an activating group) is 1. The fourth-order valence-electron chi connectivity index (χ4n) is 3.06. The second-order valence-electron chi connectivity index (χ2n) is 6.16. The zero-order valence-corrected chi connectivity index (χ0v) is 14.4. The molecular formula is C18H26N6. The molecule has 0 saturated carbocycles. The Morgan fingerprint density at radius 1 is 1.12 bits per heavy atom. The van der Waals surface area contributed by atoms with E-state index in [1.165, 1.54) is 5.56 Å². The summed E-state index contributed by atoms with van der Waals surface area (Å²) in [5.74, 6) is 1.54. The summed E-state index contributed by atoms with van der Waals surface area (Å²) in [5, 5.41) is 3.41. The summed E-state index contributed by atoms with van der Waals surface area (Å²) in [6, 6.07) is 10.4. The Hall–Kier alpha value is -2.34. The van der Waals surface area contributed by atoms with Gasteiger partial charge in [0.15, 0.2) is 11.6 Å². The molecule has 1 aliphatic rings. The lowest BCUT2D eigenvalue weighted by molar-refractivity contribution is 0.270. The molecule has 0 spiro atoms. The third-order valence-corrected chi connectivity index (χ3v) is 4.63. The summed E-state index contributed by atoms with van der Waals surface area (Å²) in [7, 11) is 0. The first-order chi connectivity index (χ1) is 11.7. The summed E-state index contributed by atoms with van der Waals surface area (Å²) in [6.07, 6.45) is 1.60. The van der Waals surface area contributed by atoms with Gasteiger partial charge in [0.2, 0.25) is 0 Å². The number of aromatic nitrogens is 2. The molecule has 1 atom stereocenters. The van der Waals surface area contributed by atoms with E-state index in [4.69, 9.17) is 5.73 Å². The van der Waals surface area contributed by atoms with Crippen molar-refractivity contribution in [1.82, 2.24) is 14.9 Å².